The third-order valence-electron chi connectivity index (χ3n) is 16.4. The Balaban J connectivity index is 1.11. The minimum absolute atomic E-state index is 0.0151. The lowest BCUT2D eigenvalue weighted by Gasteiger charge is -2.31. The lowest BCUT2D eigenvalue weighted by atomic mass is 9.97. The molecule has 3 aliphatic rings. The molecule has 14 atom stereocenters. The Hall–Kier alpha value is -11.5. The number of carbonyl (C=O) groups is 11. The van der Waals surface area contributed by atoms with E-state index in [2.05, 4.69) is 0 Å². The second kappa shape index (κ2) is 34.7. The molecule has 0 aromatic heterocycles. The van der Waals surface area contributed by atoms with Crippen molar-refractivity contribution in [1.82, 2.24) is 0 Å². The maximum absolute atomic E-state index is 14.9. The fourth-order valence-electron chi connectivity index (χ4n) is 11.0. The average Bonchev–Trinajstić information content (AvgIpc) is 1.63. The van der Waals surface area contributed by atoms with E-state index in [1.807, 2.05) is 0 Å². The summed E-state index contributed by atoms with van der Waals surface area (Å²) >= 11 is 0. The molecule has 105 heavy (non-hydrogen) atoms. The first-order valence-electron chi connectivity index (χ1n) is 33.4. The zero-order valence-electron chi connectivity index (χ0n) is 58.0. The van der Waals surface area contributed by atoms with Gasteiger partial charge in [-0.3, -0.25) is 14.4 Å². The van der Waals surface area contributed by atoms with Crippen LogP contribution in [0.1, 0.15) is 121 Å². The first kappa shape index (κ1) is 76.2. The molecule has 3 aliphatic heterocycles. The number of ether oxygens (including phenoxy) is 15. The summed E-state index contributed by atoms with van der Waals surface area (Å²) in [6.07, 6.45) is -27.2. The molecule has 0 radical (unpaired) electrons. The van der Waals surface area contributed by atoms with Crippen molar-refractivity contribution in [3.63, 3.8) is 0 Å². The molecule has 3 fully saturated rings. The number of esters is 11. The Kier molecular flexibility index (Phi) is 25.2. The van der Waals surface area contributed by atoms with Gasteiger partial charge in [0.1, 0.15) is 31.5 Å². The molecule has 7 aromatic carbocycles. The summed E-state index contributed by atoms with van der Waals surface area (Å²) in [7, 11) is 0. The van der Waals surface area contributed by atoms with Gasteiger partial charge in [0.2, 0.25) is 6.10 Å². The Morgan fingerprint density at radius 1 is 0.343 bits per heavy atom. The fourth-order valence-corrected chi connectivity index (χ4v) is 11.0. The molecule has 0 amide bonds. The van der Waals surface area contributed by atoms with Crippen molar-refractivity contribution >= 4 is 65.7 Å². The second-order valence-electron chi connectivity index (χ2n) is 26.4. The van der Waals surface area contributed by atoms with Gasteiger partial charge in [-0.15, -0.1) is 0 Å². The highest BCUT2D eigenvalue weighted by Crippen LogP contribution is 2.39. The SMILES string of the molecule is CC(=O)O[C@H]1[C@H]([C@@H](COC(=O)C(C)(C)C)O[C@@H]2O[C@@H]([C@@H](CO[C@@H]3O[C@@H]([C@@H](COC(=O)c4ccccc4)OC(=O)c4ccccc4)[C@H](OC(=O)c4ccccc4)[C@H]3OC(=O)c3ccccc3)OC(=O)c3ccccc3)[C@H](OC(=O)c3ccccc3)[C@H]2OC(=O)c2ccccc2)OC(=O)[C@@H]1OC(=O)C(C)(C)C. The minimum atomic E-state index is -2.15. The Bertz CT molecular complexity index is 4170. The van der Waals surface area contributed by atoms with Crippen LogP contribution in [0.5, 0.6) is 0 Å². The standard InChI is InChI=1S/C79H76O26/c1-46(80)94-60-57(98-73(88)63(60)105-77(90)79(5,6)7)56(45-93-76(89)78(2,3)4)97-75-65(102-72(87)53-41-27-14-28-42-53)62(100-70(85)51-37-23-12-24-38-51)59(104-75)55(96-68(83)49-33-19-10-20-34-49)44-92-74-64(101-71(86)52-39-25-13-26-40-52)61(99-69(84)50-35-21-11-22-36-50)58(103-74)54(95-67(82)48-31-17-9-18-32-48)43-91-66(81)47-29-15-8-16-30-47/h8-42,54-65,74-75H,43-45H2,1-7H3/t54-,55-,56-,57+,58+,59+,60+,61+,62+,63-,64-,65-,74-,75-/m1/s1. The molecule has 7 aromatic rings. The van der Waals surface area contributed by atoms with Crippen LogP contribution in [0.2, 0.25) is 0 Å². The third kappa shape index (κ3) is 19.8. The van der Waals surface area contributed by atoms with Crippen LogP contribution < -0.4 is 0 Å². The second-order valence-corrected chi connectivity index (χ2v) is 26.4. The molecule has 26 nitrogen and oxygen atoms in total. The lowest BCUT2D eigenvalue weighted by molar-refractivity contribution is -0.240. The van der Waals surface area contributed by atoms with Crippen molar-refractivity contribution in [3.8, 4) is 0 Å². The summed E-state index contributed by atoms with van der Waals surface area (Å²) in [6.45, 7) is 7.40. The predicted octanol–water partition coefficient (Wildman–Crippen LogP) is 9.45. The van der Waals surface area contributed by atoms with Crippen molar-refractivity contribution in [2.24, 2.45) is 10.8 Å². The third-order valence-corrected chi connectivity index (χ3v) is 16.4. The number of benzene rings is 7. The Labute approximate surface area is 603 Å². The van der Waals surface area contributed by atoms with Gasteiger partial charge in [-0.05, 0) is 126 Å². The molecule has 10 rings (SSSR count). The molecule has 0 spiro atoms. The van der Waals surface area contributed by atoms with Crippen molar-refractivity contribution in [1.29, 1.82) is 0 Å². The number of rotatable bonds is 27. The largest absolute Gasteiger partial charge is 0.462 e. The Morgan fingerprint density at radius 3 is 1.04 bits per heavy atom. The molecule has 0 unspecified atom stereocenters. The van der Waals surface area contributed by atoms with E-state index in [1.54, 1.807) is 91.0 Å². The van der Waals surface area contributed by atoms with Gasteiger partial charge >= 0.3 is 65.7 Å². The van der Waals surface area contributed by atoms with Gasteiger partial charge in [0, 0.05) is 6.92 Å². The number of hydrogen-bond donors (Lipinski definition) is 0. The van der Waals surface area contributed by atoms with E-state index in [9.17, 15) is 52.7 Å². The zero-order valence-corrected chi connectivity index (χ0v) is 58.0. The zero-order chi connectivity index (χ0) is 75.0. The van der Waals surface area contributed by atoms with Crippen LogP contribution in [0.25, 0.3) is 0 Å². The quantitative estimate of drug-likeness (QED) is 0.0341. The molecular weight excluding hydrogens is 1360 g/mol. The van der Waals surface area contributed by atoms with E-state index in [1.165, 1.54) is 163 Å². The molecule has 26 heteroatoms. The van der Waals surface area contributed by atoms with E-state index in [0.717, 1.165) is 6.92 Å². The highest BCUT2D eigenvalue weighted by atomic mass is 16.8. The normalized spacial score (nSPS) is 22.0. The average molecular weight is 1440 g/mol. The van der Waals surface area contributed by atoms with Crippen molar-refractivity contribution < 1.29 is 124 Å². The van der Waals surface area contributed by atoms with Gasteiger partial charge < -0.3 is 71.1 Å². The number of carbonyl (C=O) groups excluding carboxylic acids is 11. The van der Waals surface area contributed by atoms with Gasteiger partial charge in [-0.1, -0.05) is 127 Å². The van der Waals surface area contributed by atoms with E-state index in [4.69, 9.17) is 71.1 Å². The summed E-state index contributed by atoms with van der Waals surface area (Å²) in [5.74, 6) is -11.2. The van der Waals surface area contributed by atoms with Crippen LogP contribution in [-0.2, 0) is 90.2 Å². The van der Waals surface area contributed by atoms with Crippen LogP contribution in [0, 0.1) is 10.8 Å². The fraction of sp³-hybridized carbons (Fsp3) is 0.329. The number of cyclic esters (lactones) is 1. The first-order chi connectivity index (χ1) is 50.3. The van der Waals surface area contributed by atoms with Crippen LogP contribution in [-0.4, -0.2) is 171 Å². The highest BCUT2D eigenvalue weighted by Gasteiger charge is 2.61. The van der Waals surface area contributed by atoms with E-state index >= 15 is 0 Å². The van der Waals surface area contributed by atoms with Gasteiger partial charge in [0.15, 0.2) is 61.4 Å². The summed E-state index contributed by atoms with van der Waals surface area (Å²) < 4.78 is 93.6. The molecule has 0 saturated carbocycles. The van der Waals surface area contributed by atoms with Gasteiger partial charge in [-0.2, -0.15) is 0 Å². The van der Waals surface area contributed by atoms with E-state index in [-0.39, 0.29) is 38.9 Å². The summed E-state index contributed by atoms with van der Waals surface area (Å²) in [6, 6.07) is 52.9. The maximum atomic E-state index is 14.9. The first-order valence-corrected chi connectivity index (χ1v) is 33.4. The molecule has 3 heterocycles. The van der Waals surface area contributed by atoms with Crippen molar-refractivity contribution in [2.45, 2.75) is 134 Å². The highest BCUT2D eigenvalue weighted by molar-refractivity contribution is 5.93. The lowest BCUT2D eigenvalue weighted by Crippen LogP contribution is -2.50. The molecule has 3 saturated heterocycles. The van der Waals surface area contributed by atoms with E-state index in [0.29, 0.717) is 0 Å². The monoisotopic (exact) mass is 1440 g/mol. The topological polar surface area (TPSA) is 326 Å². The predicted molar refractivity (Wildman–Crippen MR) is 364 cm³/mol. The van der Waals surface area contributed by atoms with Crippen molar-refractivity contribution in [3.05, 3.63) is 251 Å². The van der Waals surface area contributed by atoms with Gasteiger partial charge in [-0.25, -0.2) is 38.4 Å². The van der Waals surface area contributed by atoms with Gasteiger partial charge in [0.05, 0.1) is 56.4 Å². The van der Waals surface area contributed by atoms with Crippen LogP contribution in [0.15, 0.2) is 212 Å². The molecule has 548 valence electrons. The molecule has 0 N–H and O–H groups in total. The maximum Gasteiger partial charge on any atom is 0.352 e. The van der Waals surface area contributed by atoms with Crippen molar-refractivity contribution in [2.75, 3.05) is 19.8 Å². The van der Waals surface area contributed by atoms with Crippen LogP contribution >= 0.6 is 0 Å². The molecule has 0 aliphatic carbocycles. The van der Waals surface area contributed by atoms with Gasteiger partial charge in [0.25, 0.3) is 0 Å². The minimum Gasteiger partial charge on any atom is -0.462 e. The number of hydrogen-bond acceptors (Lipinski definition) is 26. The smallest absolute Gasteiger partial charge is 0.352 e. The Morgan fingerprint density at radius 2 is 0.667 bits per heavy atom. The molecular formula is C79H76O26. The summed E-state index contributed by atoms with van der Waals surface area (Å²) in [5.41, 5.74) is -2.61. The molecule has 0 bridgehead atoms. The van der Waals surface area contributed by atoms with E-state index < -0.39 is 182 Å². The van der Waals surface area contributed by atoms with Crippen LogP contribution in [0.3, 0.4) is 0 Å². The van der Waals surface area contributed by atoms with Crippen LogP contribution in [0.4, 0.5) is 0 Å². The summed E-state index contributed by atoms with van der Waals surface area (Å²) in [4.78, 5) is 156. The summed E-state index contributed by atoms with van der Waals surface area (Å²) in [5, 5.41) is 0.